The van der Waals surface area contributed by atoms with Crippen molar-refractivity contribution in [3.63, 3.8) is 0 Å². The first-order valence-corrected chi connectivity index (χ1v) is 12.2. The van der Waals surface area contributed by atoms with Crippen molar-refractivity contribution in [3.05, 3.63) is 90.3 Å². The van der Waals surface area contributed by atoms with Crippen molar-refractivity contribution in [2.75, 3.05) is 32.8 Å². The molecule has 3 heterocycles. The molecule has 1 saturated heterocycles. The van der Waals surface area contributed by atoms with Gasteiger partial charge in [0.05, 0.1) is 54.6 Å². The van der Waals surface area contributed by atoms with Crippen LogP contribution in [0.25, 0.3) is 22.1 Å². The normalized spacial score (nSPS) is 15.0. The molecule has 1 N–H and O–H groups in total. The van der Waals surface area contributed by atoms with Crippen molar-refractivity contribution >= 4 is 34.2 Å². The van der Waals surface area contributed by atoms with Crippen LogP contribution in [0.2, 0.25) is 0 Å². The molecule has 0 radical (unpaired) electrons. The van der Waals surface area contributed by atoms with Crippen LogP contribution in [-0.4, -0.2) is 58.2 Å². The number of imidazole rings is 2. The maximum atomic E-state index is 5.52. The number of morpholine rings is 1. The first kappa shape index (κ1) is 21.7. The van der Waals surface area contributed by atoms with Gasteiger partial charge >= 0.3 is 0 Å². The van der Waals surface area contributed by atoms with Gasteiger partial charge in [-0.05, 0) is 29.8 Å². The Morgan fingerprint density at radius 1 is 0.800 bits per heavy atom. The number of ether oxygens (including phenoxy) is 1. The van der Waals surface area contributed by atoms with Gasteiger partial charge in [-0.25, -0.2) is 15.0 Å². The molecular weight excluding hydrogens is 436 g/mol. The summed E-state index contributed by atoms with van der Waals surface area (Å²) in [7, 11) is 0. The van der Waals surface area contributed by atoms with Crippen molar-refractivity contribution in [2.24, 2.45) is 4.99 Å². The lowest BCUT2D eigenvalue weighted by molar-refractivity contribution is -0.908. The Morgan fingerprint density at radius 2 is 1.46 bits per heavy atom. The quantitative estimate of drug-likeness (QED) is 0.376. The highest BCUT2D eigenvalue weighted by atomic mass is 16.5. The first-order valence-electron chi connectivity index (χ1n) is 12.2. The van der Waals surface area contributed by atoms with E-state index < -0.39 is 0 Å². The highest BCUT2D eigenvalue weighted by Crippen LogP contribution is 2.22. The van der Waals surface area contributed by atoms with E-state index in [0.717, 1.165) is 79.8 Å². The lowest BCUT2D eigenvalue weighted by Gasteiger charge is -2.24. The smallest absolute Gasteiger partial charge is 0.230 e. The standard InChI is InChI=1S/C28H28N6O/c1-2-8-22(9-3-1)21-34-26-13-7-4-10-23(26)30-27(34)20-29-28-31-24-11-5-6-12-25(24)33(28)15-14-32-16-18-35-19-17-32/h1-13,20H,14-19,21H2/p+1. The molecule has 0 spiro atoms. The highest BCUT2D eigenvalue weighted by molar-refractivity contribution is 5.87. The Labute approximate surface area is 204 Å². The molecule has 0 unspecified atom stereocenters. The Bertz CT molecular complexity index is 1460. The van der Waals surface area contributed by atoms with Gasteiger partial charge in [0.15, 0.2) is 5.82 Å². The van der Waals surface area contributed by atoms with Gasteiger partial charge in [0.2, 0.25) is 5.95 Å². The van der Waals surface area contributed by atoms with Crippen LogP contribution in [-0.2, 0) is 17.8 Å². The summed E-state index contributed by atoms with van der Waals surface area (Å²) in [6.45, 7) is 6.40. The monoisotopic (exact) mass is 465 g/mol. The number of nitrogens with zero attached hydrogens (tertiary/aromatic N) is 5. The fraction of sp³-hybridized carbons (Fsp3) is 0.250. The Hall–Kier alpha value is -3.81. The van der Waals surface area contributed by atoms with Gasteiger partial charge in [0.1, 0.15) is 13.1 Å². The molecule has 1 fully saturated rings. The van der Waals surface area contributed by atoms with Crippen LogP contribution in [0.4, 0.5) is 5.95 Å². The zero-order valence-corrected chi connectivity index (χ0v) is 19.7. The summed E-state index contributed by atoms with van der Waals surface area (Å²) >= 11 is 0. The molecular formula is C28H29N6O+. The van der Waals surface area contributed by atoms with Gasteiger partial charge in [-0.1, -0.05) is 54.6 Å². The van der Waals surface area contributed by atoms with Crippen molar-refractivity contribution in [3.8, 4) is 0 Å². The Balaban J connectivity index is 1.35. The molecule has 5 aromatic rings. The molecule has 7 nitrogen and oxygen atoms in total. The molecule has 176 valence electrons. The van der Waals surface area contributed by atoms with E-state index in [9.17, 15) is 0 Å². The number of fused-ring (bicyclic) bond motifs is 2. The zero-order chi connectivity index (χ0) is 23.5. The van der Waals surface area contributed by atoms with Gasteiger partial charge in [-0.2, -0.15) is 0 Å². The van der Waals surface area contributed by atoms with Crippen molar-refractivity contribution in [1.29, 1.82) is 0 Å². The van der Waals surface area contributed by atoms with Crippen LogP contribution in [0.15, 0.2) is 83.9 Å². The van der Waals surface area contributed by atoms with E-state index in [1.807, 2.05) is 24.4 Å². The molecule has 1 aliphatic rings. The summed E-state index contributed by atoms with van der Waals surface area (Å²) in [4.78, 5) is 16.2. The molecule has 0 amide bonds. The predicted octanol–water partition coefficient (Wildman–Crippen LogP) is 3.10. The van der Waals surface area contributed by atoms with Crippen LogP contribution in [0, 0.1) is 0 Å². The van der Waals surface area contributed by atoms with Gasteiger partial charge in [0, 0.05) is 6.54 Å². The van der Waals surface area contributed by atoms with Crippen LogP contribution >= 0.6 is 0 Å². The van der Waals surface area contributed by atoms with Crippen LogP contribution in [0.5, 0.6) is 0 Å². The van der Waals surface area contributed by atoms with E-state index in [1.165, 1.54) is 5.56 Å². The van der Waals surface area contributed by atoms with Gasteiger partial charge < -0.3 is 18.8 Å². The number of quaternary nitrogens is 1. The Kier molecular flexibility index (Phi) is 6.09. The average molecular weight is 466 g/mol. The molecule has 1 aliphatic heterocycles. The number of rotatable bonds is 7. The number of nitrogens with one attached hydrogen (secondary N) is 1. The topological polar surface area (TPSA) is 61.7 Å². The molecule has 0 atom stereocenters. The van der Waals surface area contributed by atoms with Crippen molar-refractivity contribution < 1.29 is 9.64 Å². The minimum atomic E-state index is 0.720. The van der Waals surface area contributed by atoms with E-state index in [-0.39, 0.29) is 0 Å². The van der Waals surface area contributed by atoms with E-state index in [2.05, 4.69) is 69.8 Å². The minimum absolute atomic E-state index is 0.720. The van der Waals surface area contributed by atoms with E-state index in [4.69, 9.17) is 19.7 Å². The number of para-hydroxylation sites is 4. The van der Waals surface area contributed by atoms with Crippen molar-refractivity contribution in [1.82, 2.24) is 19.1 Å². The Morgan fingerprint density at radius 3 is 2.23 bits per heavy atom. The van der Waals surface area contributed by atoms with Crippen LogP contribution < -0.4 is 4.90 Å². The number of hydrogen-bond acceptors (Lipinski definition) is 4. The molecule has 0 saturated carbocycles. The molecule has 2 aromatic heterocycles. The van der Waals surface area contributed by atoms with Crippen LogP contribution in [0.3, 0.4) is 0 Å². The zero-order valence-electron chi connectivity index (χ0n) is 19.7. The predicted molar refractivity (Wildman–Crippen MR) is 139 cm³/mol. The fourth-order valence-electron chi connectivity index (χ4n) is 4.80. The van der Waals surface area contributed by atoms with E-state index >= 15 is 0 Å². The number of aromatic nitrogens is 4. The summed E-state index contributed by atoms with van der Waals surface area (Å²) < 4.78 is 9.98. The summed E-state index contributed by atoms with van der Waals surface area (Å²) in [6.07, 6.45) is 1.86. The van der Waals surface area contributed by atoms with E-state index in [0.29, 0.717) is 0 Å². The maximum Gasteiger partial charge on any atom is 0.230 e. The second kappa shape index (κ2) is 9.82. The minimum Gasteiger partial charge on any atom is -0.370 e. The summed E-state index contributed by atoms with van der Waals surface area (Å²) in [5, 5.41) is 0. The molecule has 0 bridgehead atoms. The summed E-state index contributed by atoms with van der Waals surface area (Å²) in [5.74, 6) is 1.55. The second-order valence-corrected chi connectivity index (χ2v) is 8.95. The lowest BCUT2D eigenvalue weighted by atomic mass is 10.2. The van der Waals surface area contributed by atoms with Gasteiger partial charge in [0.25, 0.3) is 0 Å². The third-order valence-electron chi connectivity index (χ3n) is 6.69. The first-order chi connectivity index (χ1) is 17.3. The van der Waals surface area contributed by atoms with Crippen molar-refractivity contribution in [2.45, 2.75) is 13.1 Å². The highest BCUT2D eigenvalue weighted by Gasteiger charge is 2.17. The average Bonchev–Trinajstić information content (AvgIpc) is 3.45. The van der Waals surface area contributed by atoms with Gasteiger partial charge in [-0.3, -0.25) is 0 Å². The lowest BCUT2D eigenvalue weighted by Crippen LogP contribution is -3.14. The fourth-order valence-corrected chi connectivity index (χ4v) is 4.80. The van der Waals surface area contributed by atoms with Crippen LogP contribution in [0.1, 0.15) is 11.4 Å². The third-order valence-corrected chi connectivity index (χ3v) is 6.69. The maximum absolute atomic E-state index is 5.52. The summed E-state index contributed by atoms with van der Waals surface area (Å²) in [6, 6.07) is 27.0. The number of hydrogen-bond donors (Lipinski definition) is 1. The molecule has 0 aliphatic carbocycles. The molecule has 7 heteroatoms. The third kappa shape index (κ3) is 4.60. The number of aliphatic imine (C=N–C) groups is 1. The SMILES string of the molecule is C(=Nc1nc2ccccc2n1CC[NH+]1CCOCC1)c1nc2ccccc2n1Cc1ccccc1. The second-order valence-electron chi connectivity index (χ2n) is 8.95. The largest absolute Gasteiger partial charge is 0.370 e. The summed E-state index contributed by atoms with van der Waals surface area (Å²) in [5.41, 5.74) is 5.38. The number of benzene rings is 3. The molecule has 35 heavy (non-hydrogen) atoms. The molecule has 3 aromatic carbocycles. The van der Waals surface area contributed by atoms with Gasteiger partial charge in [-0.15, -0.1) is 0 Å². The van der Waals surface area contributed by atoms with E-state index in [1.54, 1.807) is 4.90 Å². The molecule has 6 rings (SSSR count).